The van der Waals surface area contributed by atoms with E-state index in [1.54, 1.807) is 0 Å². The molecule has 0 spiro atoms. The third-order valence-electron chi connectivity index (χ3n) is 2.85. The molecule has 1 atom stereocenters. The van der Waals surface area contributed by atoms with E-state index in [4.69, 9.17) is 5.73 Å². The fraction of sp³-hybridized carbons (Fsp3) is 0.700. The topological polar surface area (TPSA) is 38.9 Å². The van der Waals surface area contributed by atoms with Crippen molar-refractivity contribution in [1.29, 1.82) is 0 Å². The van der Waals surface area contributed by atoms with Gasteiger partial charge in [-0.1, -0.05) is 0 Å². The van der Waals surface area contributed by atoms with Crippen molar-refractivity contribution in [3.63, 3.8) is 0 Å². The Hall–Kier alpha value is -0.0600. The lowest BCUT2D eigenvalue weighted by Crippen LogP contribution is -2.28. The summed E-state index contributed by atoms with van der Waals surface area (Å²) in [6, 6.07) is 0. The van der Waals surface area contributed by atoms with E-state index in [2.05, 4.69) is 18.8 Å². The van der Waals surface area contributed by atoms with Gasteiger partial charge in [0, 0.05) is 11.4 Å². The number of aromatic nitrogens is 1. The van der Waals surface area contributed by atoms with Crippen LogP contribution in [0.15, 0.2) is 0 Å². The second kappa shape index (κ2) is 3.83. The maximum atomic E-state index is 5.91. The summed E-state index contributed by atoms with van der Waals surface area (Å²) in [4.78, 5) is 5.99. The van der Waals surface area contributed by atoms with Crippen molar-refractivity contribution >= 4 is 23.1 Å². The van der Waals surface area contributed by atoms with Crippen molar-refractivity contribution in [3.05, 3.63) is 15.6 Å². The lowest BCUT2D eigenvalue weighted by atomic mass is 10.0. The lowest BCUT2D eigenvalue weighted by molar-refractivity contribution is 0.595. The maximum absolute atomic E-state index is 5.91. The van der Waals surface area contributed by atoms with Gasteiger partial charge in [-0.3, -0.25) is 0 Å². The molecule has 1 aromatic heterocycles. The summed E-state index contributed by atoms with van der Waals surface area (Å²) in [6.45, 7) is 4.95. The smallest absolute Gasteiger partial charge is 0.110 e. The molecule has 0 bridgehead atoms. The van der Waals surface area contributed by atoms with Crippen LogP contribution in [-0.4, -0.2) is 17.3 Å². The third kappa shape index (κ3) is 1.59. The second-order valence-electron chi connectivity index (χ2n) is 3.81. The summed E-state index contributed by atoms with van der Waals surface area (Å²) in [5.41, 5.74) is 7.08. The second-order valence-corrected chi connectivity index (χ2v) is 6.49. The van der Waals surface area contributed by atoms with Crippen molar-refractivity contribution in [2.24, 2.45) is 5.73 Å². The molecule has 78 valence electrons. The van der Waals surface area contributed by atoms with Gasteiger partial charge < -0.3 is 5.73 Å². The Morgan fingerprint density at radius 1 is 1.50 bits per heavy atom. The van der Waals surface area contributed by atoms with E-state index in [1.165, 1.54) is 34.2 Å². The van der Waals surface area contributed by atoms with Crippen LogP contribution in [0.4, 0.5) is 0 Å². The van der Waals surface area contributed by atoms with Gasteiger partial charge in [-0.2, -0.15) is 0 Å². The van der Waals surface area contributed by atoms with E-state index in [0.29, 0.717) is 0 Å². The van der Waals surface area contributed by atoms with E-state index in [9.17, 15) is 0 Å². The first kappa shape index (κ1) is 10.5. The Morgan fingerprint density at radius 2 is 2.29 bits per heavy atom. The molecule has 1 saturated heterocycles. The first-order chi connectivity index (χ1) is 6.68. The van der Waals surface area contributed by atoms with Crippen LogP contribution in [0.2, 0.25) is 0 Å². The van der Waals surface area contributed by atoms with Crippen molar-refractivity contribution < 1.29 is 0 Å². The Kier molecular flexibility index (Phi) is 2.86. The predicted molar refractivity (Wildman–Crippen MR) is 64.0 cm³/mol. The maximum Gasteiger partial charge on any atom is 0.110 e. The summed E-state index contributed by atoms with van der Waals surface area (Å²) in [7, 11) is 0. The van der Waals surface area contributed by atoms with Crippen LogP contribution in [0.3, 0.4) is 0 Å². The van der Waals surface area contributed by atoms with Crippen molar-refractivity contribution in [2.75, 3.05) is 12.3 Å². The molecule has 2 rings (SSSR count). The number of nitrogens with two attached hydrogens (primary N) is 1. The average molecular weight is 228 g/mol. The molecule has 0 radical (unpaired) electrons. The van der Waals surface area contributed by atoms with Gasteiger partial charge in [-0.05, 0) is 32.4 Å². The van der Waals surface area contributed by atoms with E-state index in [0.717, 1.165) is 6.54 Å². The van der Waals surface area contributed by atoms with E-state index in [1.807, 2.05) is 23.1 Å². The van der Waals surface area contributed by atoms with Crippen molar-refractivity contribution in [1.82, 2.24) is 4.98 Å². The molecule has 2 heterocycles. The van der Waals surface area contributed by atoms with Crippen LogP contribution < -0.4 is 5.73 Å². The van der Waals surface area contributed by atoms with E-state index < -0.39 is 0 Å². The average Bonchev–Trinajstić information content (AvgIpc) is 2.75. The zero-order valence-electron chi connectivity index (χ0n) is 8.67. The predicted octanol–water partition coefficient (Wildman–Crippen LogP) is 2.44. The lowest BCUT2D eigenvalue weighted by Gasteiger charge is -2.23. The monoisotopic (exact) mass is 228 g/mol. The Morgan fingerprint density at radius 3 is 2.71 bits per heavy atom. The van der Waals surface area contributed by atoms with Gasteiger partial charge in [0.15, 0.2) is 0 Å². The van der Waals surface area contributed by atoms with Crippen LogP contribution in [0.1, 0.15) is 28.4 Å². The SMILES string of the molecule is Cc1nc(C2(CN)CCCS2)sc1C. The first-order valence-electron chi connectivity index (χ1n) is 4.96. The Labute approximate surface area is 93.3 Å². The summed E-state index contributed by atoms with van der Waals surface area (Å²) in [6.07, 6.45) is 2.47. The van der Waals surface area contributed by atoms with Crippen LogP contribution >= 0.6 is 23.1 Å². The van der Waals surface area contributed by atoms with Crippen LogP contribution in [-0.2, 0) is 4.75 Å². The highest BCUT2D eigenvalue weighted by Crippen LogP contribution is 2.47. The van der Waals surface area contributed by atoms with E-state index >= 15 is 0 Å². The molecule has 1 fully saturated rings. The van der Waals surface area contributed by atoms with Crippen LogP contribution in [0, 0.1) is 13.8 Å². The molecule has 1 aliphatic heterocycles. The highest BCUT2D eigenvalue weighted by atomic mass is 32.2. The molecule has 14 heavy (non-hydrogen) atoms. The van der Waals surface area contributed by atoms with Crippen molar-refractivity contribution in [2.45, 2.75) is 31.4 Å². The third-order valence-corrected chi connectivity index (χ3v) is 5.87. The quantitative estimate of drug-likeness (QED) is 0.845. The fourth-order valence-corrected chi connectivity index (χ4v) is 4.38. The summed E-state index contributed by atoms with van der Waals surface area (Å²) < 4.78 is 0.143. The molecule has 1 aromatic rings. The van der Waals surface area contributed by atoms with Gasteiger partial charge in [0.2, 0.25) is 0 Å². The normalized spacial score (nSPS) is 27.1. The van der Waals surface area contributed by atoms with Gasteiger partial charge in [0.25, 0.3) is 0 Å². The number of hydrogen-bond donors (Lipinski definition) is 1. The fourth-order valence-electron chi connectivity index (χ4n) is 1.78. The zero-order chi connectivity index (χ0) is 10.2. The Balaban J connectivity index is 2.36. The highest BCUT2D eigenvalue weighted by Gasteiger charge is 2.38. The summed E-state index contributed by atoms with van der Waals surface area (Å²) in [5, 5.41) is 1.25. The summed E-state index contributed by atoms with van der Waals surface area (Å²) in [5.74, 6) is 1.23. The number of aryl methyl sites for hydroxylation is 2. The largest absolute Gasteiger partial charge is 0.329 e. The number of rotatable bonds is 2. The molecule has 0 aromatic carbocycles. The molecule has 0 amide bonds. The van der Waals surface area contributed by atoms with Crippen molar-refractivity contribution in [3.8, 4) is 0 Å². The molecule has 1 aliphatic rings. The minimum atomic E-state index is 0.143. The Bertz CT molecular complexity index is 307. The summed E-state index contributed by atoms with van der Waals surface area (Å²) >= 11 is 3.81. The molecule has 0 saturated carbocycles. The van der Waals surface area contributed by atoms with Crippen LogP contribution in [0.5, 0.6) is 0 Å². The number of hydrogen-bond acceptors (Lipinski definition) is 4. The highest BCUT2D eigenvalue weighted by molar-refractivity contribution is 8.00. The minimum absolute atomic E-state index is 0.143. The van der Waals surface area contributed by atoms with Gasteiger partial charge in [-0.25, -0.2) is 4.98 Å². The molecule has 2 nitrogen and oxygen atoms in total. The molecule has 4 heteroatoms. The van der Waals surface area contributed by atoms with Gasteiger partial charge in [-0.15, -0.1) is 23.1 Å². The molecule has 1 unspecified atom stereocenters. The number of thiazole rings is 1. The zero-order valence-corrected chi connectivity index (χ0v) is 10.3. The van der Waals surface area contributed by atoms with Gasteiger partial charge in [0.1, 0.15) is 5.01 Å². The van der Waals surface area contributed by atoms with Gasteiger partial charge in [0.05, 0.1) is 10.4 Å². The number of nitrogens with zero attached hydrogens (tertiary/aromatic N) is 1. The van der Waals surface area contributed by atoms with E-state index in [-0.39, 0.29) is 4.75 Å². The minimum Gasteiger partial charge on any atom is -0.329 e. The molecular weight excluding hydrogens is 212 g/mol. The standard InChI is InChI=1S/C10H16N2S2/c1-7-8(2)14-9(12-7)10(6-11)4-3-5-13-10/h3-6,11H2,1-2H3. The molecule has 2 N–H and O–H groups in total. The molecular formula is C10H16N2S2. The van der Waals surface area contributed by atoms with Gasteiger partial charge >= 0.3 is 0 Å². The molecule has 0 aliphatic carbocycles. The first-order valence-corrected chi connectivity index (χ1v) is 6.77. The number of thioether (sulfide) groups is 1. The van der Waals surface area contributed by atoms with Crippen LogP contribution in [0.25, 0.3) is 0 Å².